The third-order valence-corrected chi connectivity index (χ3v) is 2.08. The standard InChI is InChI=1S/C7H14N2O2/c1-3-9(11)7(10)4-5-8(2)6-7/h3,9-10H,1,4-6H2,2H3. The molecule has 11 heavy (non-hydrogen) atoms. The van der Waals surface area contributed by atoms with E-state index >= 15 is 0 Å². The minimum Gasteiger partial charge on any atom is -0.627 e. The van der Waals surface area contributed by atoms with Gasteiger partial charge in [-0.3, -0.25) is 4.90 Å². The van der Waals surface area contributed by atoms with Gasteiger partial charge in [-0.25, -0.2) is 0 Å². The molecular weight excluding hydrogens is 144 g/mol. The van der Waals surface area contributed by atoms with Gasteiger partial charge in [0, 0.05) is 13.0 Å². The molecule has 0 radical (unpaired) electrons. The molecule has 2 N–H and O–H groups in total. The second-order valence-electron chi connectivity index (χ2n) is 3.09. The van der Waals surface area contributed by atoms with Crippen LogP contribution in [0.15, 0.2) is 12.8 Å². The van der Waals surface area contributed by atoms with Crippen LogP contribution in [-0.4, -0.2) is 35.9 Å². The number of likely N-dealkylation sites (tertiary alicyclic amines) is 1. The molecule has 0 saturated carbocycles. The van der Waals surface area contributed by atoms with Crippen molar-refractivity contribution < 1.29 is 10.2 Å². The number of likely N-dealkylation sites (N-methyl/N-ethyl adjacent to an activating group) is 1. The van der Waals surface area contributed by atoms with Crippen molar-refractivity contribution in [2.75, 3.05) is 20.1 Å². The van der Waals surface area contributed by atoms with Gasteiger partial charge >= 0.3 is 0 Å². The van der Waals surface area contributed by atoms with Crippen molar-refractivity contribution in [1.29, 1.82) is 0 Å². The highest BCUT2D eigenvalue weighted by atomic mass is 16.5. The van der Waals surface area contributed by atoms with Gasteiger partial charge in [0.1, 0.15) is 0 Å². The second-order valence-corrected chi connectivity index (χ2v) is 3.09. The number of nitrogens with one attached hydrogen (secondary N) is 1. The zero-order chi connectivity index (χ0) is 8.48. The first-order valence-corrected chi connectivity index (χ1v) is 3.66. The van der Waals surface area contributed by atoms with Gasteiger partial charge in [-0.05, 0) is 13.6 Å². The third-order valence-electron chi connectivity index (χ3n) is 2.08. The van der Waals surface area contributed by atoms with Crippen LogP contribution in [-0.2, 0) is 0 Å². The Bertz CT molecular complexity index is 163. The summed E-state index contributed by atoms with van der Waals surface area (Å²) < 4.78 is 0. The van der Waals surface area contributed by atoms with Gasteiger partial charge in [0.05, 0.1) is 12.7 Å². The Labute approximate surface area is 66.3 Å². The summed E-state index contributed by atoms with van der Waals surface area (Å²) in [7, 11) is 1.88. The molecule has 0 amide bonds. The fourth-order valence-electron chi connectivity index (χ4n) is 1.37. The molecule has 1 saturated heterocycles. The fourth-order valence-corrected chi connectivity index (χ4v) is 1.37. The number of nitrogens with zero attached hydrogens (tertiary/aromatic N) is 1. The van der Waals surface area contributed by atoms with Gasteiger partial charge in [0.2, 0.25) is 5.72 Å². The van der Waals surface area contributed by atoms with Gasteiger partial charge in [-0.15, -0.1) is 0 Å². The molecule has 0 aromatic carbocycles. The lowest BCUT2D eigenvalue weighted by Gasteiger charge is -2.32. The molecule has 0 spiro atoms. The van der Waals surface area contributed by atoms with E-state index in [1.807, 2.05) is 11.9 Å². The van der Waals surface area contributed by atoms with E-state index in [2.05, 4.69) is 6.58 Å². The number of aliphatic hydroxyl groups is 1. The molecule has 1 aliphatic heterocycles. The zero-order valence-electron chi connectivity index (χ0n) is 6.71. The average Bonchev–Trinajstić information content (AvgIpc) is 2.31. The number of hydroxylamine groups is 2. The maximum Gasteiger partial charge on any atom is 0.217 e. The van der Waals surface area contributed by atoms with Crippen LogP contribution in [0.3, 0.4) is 0 Å². The number of quaternary nitrogens is 1. The molecular formula is C7H14N2O2. The highest BCUT2D eigenvalue weighted by Gasteiger charge is 2.39. The Balaban J connectivity index is 2.60. The summed E-state index contributed by atoms with van der Waals surface area (Å²) in [6, 6.07) is 0. The van der Waals surface area contributed by atoms with Crippen molar-refractivity contribution >= 4 is 0 Å². The Morgan fingerprint density at radius 2 is 2.45 bits per heavy atom. The normalized spacial score (nSPS) is 35.5. The van der Waals surface area contributed by atoms with E-state index in [1.165, 1.54) is 6.20 Å². The summed E-state index contributed by atoms with van der Waals surface area (Å²) in [6.07, 6.45) is 1.72. The van der Waals surface area contributed by atoms with E-state index in [-0.39, 0.29) is 5.06 Å². The van der Waals surface area contributed by atoms with Crippen molar-refractivity contribution in [3.8, 4) is 0 Å². The molecule has 1 aliphatic rings. The summed E-state index contributed by atoms with van der Waals surface area (Å²) in [4.78, 5) is 1.93. The van der Waals surface area contributed by atoms with Crippen molar-refractivity contribution in [1.82, 2.24) is 4.90 Å². The number of rotatable bonds is 2. The summed E-state index contributed by atoms with van der Waals surface area (Å²) >= 11 is 0. The van der Waals surface area contributed by atoms with Gasteiger partial charge in [-0.1, -0.05) is 0 Å². The first-order valence-electron chi connectivity index (χ1n) is 3.66. The Morgan fingerprint density at radius 3 is 2.82 bits per heavy atom. The Kier molecular flexibility index (Phi) is 2.29. The summed E-state index contributed by atoms with van der Waals surface area (Å²) in [5, 5.41) is 20.5. The number of β-amino-alcohol motifs (C(OH)–C–C–N with tert-alkyl or cyclic N) is 1. The maximum atomic E-state index is 11.1. The average molecular weight is 158 g/mol. The predicted octanol–water partition coefficient (Wildman–Crippen LogP) is -1.46. The van der Waals surface area contributed by atoms with E-state index in [0.29, 0.717) is 13.0 Å². The van der Waals surface area contributed by atoms with Gasteiger partial charge in [0.25, 0.3) is 0 Å². The predicted molar refractivity (Wildman–Crippen MR) is 41.6 cm³/mol. The Hall–Kier alpha value is -0.420. The van der Waals surface area contributed by atoms with E-state index in [0.717, 1.165) is 6.54 Å². The van der Waals surface area contributed by atoms with Gasteiger partial charge < -0.3 is 15.4 Å². The minimum absolute atomic E-state index is 0.262. The molecule has 1 heterocycles. The first kappa shape index (κ1) is 8.67. The molecule has 0 aromatic rings. The highest BCUT2D eigenvalue weighted by molar-refractivity contribution is 4.80. The van der Waals surface area contributed by atoms with E-state index in [4.69, 9.17) is 0 Å². The van der Waals surface area contributed by atoms with Crippen LogP contribution in [0.4, 0.5) is 0 Å². The third kappa shape index (κ3) is 1.59. The Morgan fingerprint density at radius 1 is 1.82 bits per heavy atom. The van der Waals surface area contributed by atoms with Crippen LogP contribution in [0.1, 0.15) is 6.42 Å². The van der Waals surface area contributed by atoms with Crippen LogP contribution >= 0.6 is 0 Å². The SMILES string of the molecule is C=C[NH+]([O-])C1(O)CCN(C)C1. The van der Waals surface area contributed by atoms with Crippen LogP contribution < -0.4 is 5.06 Å². The minimum atomic E-state index is -1.16. The molecule has 4 nitrogen and oxygen atoms in total. The first-order chi connectivity index (χ1) is 5.08. The van der Waals surface area contributed by atoms with E-state index < -0.39 is 5.72 Å². The van der Waals surface area contributed by atoms with Gasteiger partial charge in [0.15, 0.2) is 0 Å². The molecule has 4 heteroatoms. The van der Waals surface area contributed by atoms with Crippen LogP contribution in [0, 0.1) is 5.21 Å². The monoisotopic (exact) mass is 158 g/mol. The molecule has 1 fully saturated rings. The van der Waals surface area contributed by atoms with Crippen LogP contribution in [0.5, 0.6) is 0 Å². The van der Waals surface area contributed by atoms with Gasteiger partial charge in [-0.2, -0.15) is 0 Å². The largest absolute Gasteiger partial charge is 0.627 e. The molecule has 0 bridgehead atoms. The molecule has 0 aromatic heterocycles. The fraction of sp³-hybridized carbons (Fsp3) is 0.714. The topological polar surface area (TPSA) is 51.0 Å². The summed E-state index contributed by atoms with van der Waals surface area (Å²) in [5.74, 6) is 0. The molecule has 64 valence electrons. The summed E-state index contributed by atoms with van der Waals surface area (Å²) in [5.41, 5.74) is -1.16. The maximum absolute atomic E-state index is 11.1. The molecule has 1 rings (SSSR count). The summed E-state index contributed by atoms with van der Waals surface area (Å²) in [6.45, 7) is 4.55. The lowest BCUT2D eigenvalue weighted by Crippen LogP contribution is -3.12. The lowest BCUT2D eigenvalue weighted by atomic mass is 10.2. The van der Waals surface area contributed by atoms with Crippen molar-refractivity contribution in [2.24, 2.45) is 0 Å². The van der Waals surface area contributed by atoms with Crippen molar-refractivity contribution in [3.05, 3.63) is 18.0 Å². The second kappa shape index (κ2) is 2.91. The quantitative estimate of drug-likeness (QED) is 0.381. The molecule has 2 atom stereocenters. The molecule has 2 unspecified atom stereocenters. The van der Waals surface area contributed by atoms with Crippen molar-refractivity contribution in [3.63, 3.8) is 0 Å². The number of hydrogen-bond acceptors (Lipinski definition) is 3. The zero-order valence-corrected chi connectivity index (χ0v) is 6.71. The van der Waals surface area contributed by atoms with Crippen LogP contribution in [0.25, 0.3) is 0 Å². The lowest BCUT2D eigenvalue weighted by molar-refractivity contribution is -0.882. The van der Waals surface area contributed by atoms with Crippen LogP contribution in [0.2, 0.25) is 0 Å². The highest BCUT2D eigenvalue weighted by Crippen LogP contribution is 2.12. The van der Waals surface area contributed by atoms with E-state index in [1.54, 1.807) is 0 Å². The smallest absolute Gasteiger partial charge is 0.217 e. The van der Waals surface area contributed by atoms with Crippen molar-refractivity contribution in [2.45, 2.75) is 12.1 Å². The number of hydrogen-bond donors (Lipinski definition) is 2. The van der Waals surface area contributed by atoms with E-state index in [9.17, 15) is 10.3 Å². The molecule has 0 aliphatic carbocycles.